The van der Waals surface area contributed by atoms with Crippen molar-refractivity contribution in [1.29, 1.82) is 0 Å². The zero-order valence-electron chi connectivity index (χ0n) is 11.4. The van der Waals surface area contributed by atoms with E-state index in [1.54, 1.807) is 7.11 Å². The maximum Gasteiger partial charge on any atom is 0.163 e. The van der Waals surface area contributed by atoms with Crippen LogP contribution in [0.2, 0.25) is 0 Å². The van der Waals surface area contributed by atoms with Crippen molar-refractivity contribution in [1.82, 2.24) is 5.32 Å². The van der Waals surface area contributed by atoms with Crippen LogP contribution < -0.4 is 15.8 Å². The first kappa shape index (κ1) is 18.1. The van der Waals surface area contributed by atoms with Crippen molar-refractivity contribution in [3.8, 4) is 5.75 Å². The molecule has 0 aromatic heterocycles. The number of thiocarbonyl (C=S) groups is 1. The summed E-state index contributed by atoms with van der Waals surface area (Å²) in [5.74, 6) is 0.846. The van der Waals surface area contributed by atoms with Gasteiger partial charge in [-0.05, 0) is 29.9 Å². The molecule has 0 atom stereocenters. The third-order valence-electron chi connectivity index (χ3n) is 1.63. The third-order valence-corrected chi connectivity index (χ3v) is 1.77. The molecule has 0 saturated carbocycles. The first-order valence-corrected chi connectivity index (χ1v) is 6.29. The van der Waals surface area contributed by atoms with E-state index in [9.17, 15) is 0 Å². The SMILES string of the molecule is CC.CC.COc1ccc(CNC(N)=S)cc1. The molecule has 3 N–H and O–H groups in total. The van der Waals surface area contributed by atoms with Crippen LogP contribution in [0.4, 0.5) is 0 Å². The minimum Gasteiger partial charge on any atom is -0.497 e. The second-order valence-electron chi connectivity index (χ2n) is 2.57. The maximum absolute atomic E-state index is 5.29. The van der Waals surface area contributed by atoms with Crippen LogP contribution in [0.15, 0.2) is 24.3 Å². The average molecular weight is 256 g/mol. The van der Waals surface area contributed by atoms with Gasteiger partial charge in [0.25, 0.3) is 0 Å². The Morgan fingerprint density at radius 3 is 2.00 bits per heavy atom. The van der Waals surface area contributed by atoms with Crippen molar-refractivity contribution in [2.75, 3.05) is 7.11 Å². The topological polar surface area (TPSA) is 47.3 Å². The molecule has 0 saturated heterocycles. The van der Waals surface area contributed by atoms with Gasteiger partial charge in [0, 0.05) is 6.54 Å². The van der Waals surface area contributed by atoms with Crippen LogP contribution in [0.5, 0.6) is 5.75 Å². The van der Waals surface area contributed by atoms with E-state index in [1.807, 2.05) is 52.0 Å². The largest absolute Gasteiger partial charge is 0.497 e. The molecule has 1 aromatic rings. The fourth-order valence-electron chi connectivity index (χ4n) is 0.933. The molecule has 0 radical (unpaired) electrons. The molecule has 0 aliphatic heterocycles. The van der Waals surface area contributed by atoms with Gasteiger partial charge in [0.1, 0.15) is 5.75 Å². The zero-order chi connectivity index (χ0) is 13.7. The lowest BCUT2D eigenvalue weighted by Crippen LogP contribution is -2.28. The van der Waals surface area contributed by atoms with Gasteiger partial charge in [0.2, 0.25) is 0 Å². The van der Waals surface area contributed by atoms with Crippen LogP contribution >= 0.6 is 12.2 Å². The second-order valence-corrected chi connectivity index (χ2v) is 3.01. The van der Waals surface area contributed by atoms with E-state index < -0.39 is 0 Å². The van der Waals surface area contributed by atoms with Gasteiger partial charge in [-0.1, -0.05) is 39.8 Å². The van der Waals surface area contributed by atoms with Gasteiger partial charge >= 0.3 is 0 Å². The highest BCUT2D eigenvalue weighted by atomic mass is 32.1. The summed E-state index contributed by atoms with van der Waals surface area (Å²) in [6.45, 7) is 8.65. The third kappa shape index (κ3) is 9.63. The van der Waals surface area contributed by atoms with Crippen LogP contribution in [0, 0.1) is 0 Å². The summed E-state index contributed by atoms with van der Waals surface area (Å²) < 4.78 is 5.02. The summed E-state index contributed by atoms with van der Waals surface area (Å²) in [5, 5.41) is 3.18. The molecule has 0 aliphatic rings. The molecule has 0 heterocycles. The monoisotopic (exact) mass is 256 g/mol. The fraction of sp³-hybridized carbons (Fsp3) is 0.462. The molecule has 1 rings (SSSR count). The summed E-state index contributed by atoms with van der Waals surface area (Å²) in [6.07, 6.45) is 0. The molecule has 0 amide bonds. The predicted molar refractivity (Wildman–Crippen MR) is 79.3 cm³/mol. The number of hydrogen-bond donors (Lipinski definition) is 2. The van der Waals surface area contributed by atoms with E-state index >= 15 is 0 Å². The molecule has 0 spiro atoms. The lowest BCUT2D eigenvalue weighted by molar-refractivity contribution is 0.414. The fourth-order valence-corrected chi connectivity index (χ4v) is 1.00. The lowest BCUT2D eigenvalue weighted by Gasteiger charge is -2.04. The zero-order valence-corrected chi connectivity index (χ0v) is 12.2. The Hall–Kier alpha value is -1.29. The lowest BCUT2D eigenvalue weighted by atomic mass is 10.2. The van der Waals surface area contributed by atoms with Crippen LogP contribution in [-0.2, 0) is 6.54 Å². The molecular formula is C13H24N2OS. The van der Waals surface area contributed by atoms with Gasteiger partial charge in [0.15, 0.2) is 5.11 Å². The molecule has 0 bridgehead atoms. The van der Waals surface area contributed by atoms with Crippen molar-refractivity contribution in [2.24, 2.45) is 5.73 Å². The van der Waals surface area contributed by atoms with Crippen molar-refractivity contribution < 1.29 is 4.74 Å². The number of nitrogens with one attached hydrogen (secondary N) is 1. The highest BCUT2D eigenvalue weighted by Gasteiger charge is 1.93. The van der Waals surface area contributed by atoms with E-state index in [1.165, 1.54) is 0 Å². The second kappa shape index (κ2) is 12.8. The Labute approximate surface area is 110 Å². The van der Waals surface area contributed by atoms with Crippen LogP contribution in [-0.4, -0.2) is 12.2 Å². The molecule has 0 unspecified atom stereocenters. The summed E-state index contributed by atoms with van der Waals surface area (Å²) in [4.78, 5) is 0. The van der Waals surface area contributed by atoms with Gasteiger partial charge < -0.3 is 15.8 Å². The van der Waals surface area contributed by atoms with Crippen molar-refractivity contribution >= 4 is 17.3 Å². The van der Waals surface area contributed by atoms with Gasteiger partial charge in [0.05, 0.1) is 7.11 Å². The van der Waals surface area contributed by atoms with E-state index in [0.29, 0.717) is 11.7 Å². The van der Waals surface area contributed by atoms with Crippen LogP contribution in [0.3, 0.4) is 0 Å². The Kier molecular flexibility index (Phi) is 13.6. The number of nitrogens with two attached hydrogens (primary N) is 1. The van der Waals surface area contributed by atoms with Crippen molar-refractivity contribution in [3.63, 3.8) is 0 Å². The Bertz CT molecular complexity index is 286. The minimum atomic E-state index is 0.316. The highest BCUT2D eigenvalue weighted by molar-refractivity contribution is 7.80. The van der Waals surface area contributed by atoms with Gasteiger partial charge in [-0.2, -0.15) is 0 Å². The van der Waals surface area contributed by atoms with Gasteiger partial charge in [-0.15, -0.1) is 0 Å². The smallest absolute Gasteiger partial charge is 0.163 e. The molecule has 17 heavy (non-hydrogen) atoms. The molecular weight excluding hydrogens is 232 g/mol. The van der Waals surface area contributed by atoms with Crippen molar-refractivity contribution in [2.45, 2.75) is 34.2 Å². The standard InChI is InChI=1S/C9H12N2OS.2C2H6/c1-12-8-4-2-7(3-5-8)6-11-9(10)13;2*1-2/h2-5H,6H2,1H3,(H3,10,11,13);2*1-2H3. The van der Waals surface area contributed by atoms with E-state index in [0.717, 1.165) is 11.3 Å². The first-order valence-electron chi connectivity index (χ1n) is 5.88. The number of ether oxygens (including phenoxy) is 1. The molecule has 0 fully saturated rings. The Morgan fingerprint density at radius 2 is 1.65 bits per heavy atom. The van der Waals surface area contributed by atoms with E-state index in [2.05, 4.69) is 17.5 Å². The van der Waals surface area contributed by atoms with Crippen LogP contribution in [0.1, 0.15) is 33.3 Å². The molecule has 4 heteroatoms. The highest BCUT2D eigenvalue weighted by Crippen LogP contribution is 2.10. The Morgan fingerprint density at radius 1 is 1.18 bits per heavy atom. The van der Waals surface area contributed by atoms with Gasteiger partial charge in [-0.25, -0.2) is 0 Å². The van der Waals surface area contributed by atoms with Crippen LogP contribution in [0.25, 0.3) is 0 Å². The number of hydrogen-bond acceptors (Lipinski definition) is 2. The average Bonchev–Trinajstić information content (AvgIpc) is 2.41. The predicted octanol–water partition coefficient (Wildman–Crippen LogP) is 3.08. The normalized spacial score (nSPS) is 7.82. The maximum atomic E-state index is 5.29. The van der Waals surface area contributed by atoms with E-state index in [-0.39, 0.29) is 0 Å². The molecule has 1 aromatic carbocycles. The molecule has 0 aliphatic carbocycles. The molecule has 3 nitrogen and oxygen atoms in total. The van der Waals surface area contributed by atoms with Crippen molar-refractivity contribution in [3.05, 3.63) is 29.8 Å². The number of methoxy groups -OCH3 is 1. The Balaban J connectivity index is 0. The summed E-state index contributed by atoms with van der Waals surface area (Å²) in [7, 11) is 1.64. The quantitative estimate of drug-likeness (QED) is 0.816. The van der Waals surface area contributed by atoms with Gasteiger partial charge in [-0.3, -0.25) is 0 Å². The summed E-state index contributed by atoms with van der Waals surface area (Å²) in [5.41, 5.74) is 6.41. The number of benzene rings is 1. The van der Waals surface area contributed by atoms with E-state index in [4.69, 9.17) is 10.5 Å². The first-order chi connectivity index (χ1) is 8.22. The molecule has 98 valence electrons. The summed E-state index contributed by atoms with van der Waals surface area (Å²) in [6, 6.07) is 7.72. The summed E-state index contributed by atoms with van der Waals surface area (Å²) >= 11 is 4.69. The minimum absolute atomic E-state index is 0.316. The number of rotatable bonds is 3.